The van der Waals surface area contributed by atoms with Crippen LogP contribution in [0.25, 0.3) is 10.6 Å². The highest BCUT2D eigenvalue weighted by atomic mass is 32.1. The second-order valence-electron chi connectivity index (χ2n) is 6.52. The summed E-state index contributed by atoms with van der Waals surface area (Å²) in [5.41, 5.74) is 2.26. The SMILES string of the molecule is CN(C)C(C)(C)CNCc1csc(-c2ccc3c(c2)OCO3)n1. The molecule has 0 spiro atoms. The molecule has 0 atom stereocenters. The van der Waals surface area contributed by atoms with Crippen molar-refractivity contribution in [1.82, 2.24) is 15.2 Å². The van der Waals surface area contributed by atoms with Crippen LogP contribution in [0.3, 0.4) is 0 Å². The number of benzene rings is 1. The zero-order chi connectivity index (χ0) is 16.4. The number of ether oxygens (including phenoxy) is 2. The van der Waals surface area contributed by atoms with Crippen LogP contribution in [0.2, 0.25) is 0 Å². The van der Waals surface area contributed by atoms with Crippen molar-refractivity contribution in [2.45, 2.75) is 25.9 Å². The molecule has 0 aliphatic carbocycles. The standard InChI is InChI=1S/C17H23N3O2S/c1-17(2,20(3)4)10-18-8-13-9-23-16(19-13)12-5-6-14-15(7-12)22-11-21-14/h5-7,9,18H,8,10-11H2,1-4H3. The molecule has 1 aromatic heterocycles. The minimum Gasteiger partial charge on any atom is -0.454 e. The van der Waals surface area contributed by atoms with Crippen LogP contribution in [0.1, 0.15) is 19.5 Å². The lowest BCUT2D eigenvalue weighted by atomic mass is 10.0. The predicted molar refractivity (Wildman–Crippen MR) is 93.1 cm³/mol. The van der Waals surface area contributed by atoms with E-state index in [9.17, 15) is 0 Å². The first-order chi connectivity index (χ1) is 11.0. The highest BCUT2D eigenvalue weighted by Gasteiger charge is 2.20. The van der Waals surface area contributed by atoms with Crippen molar-refractivity contribution in [1.29, 1.82) is 0 Å². The summed E-state index contributed by atoms with van der Waals surface area (Å²) in [6, 6.07) is 5.96. The highest BCUT2D eigenvalue weighted by molar-refractivity contribution is 7.13. The summed E-state index contributed by atoms with van der Waals surface area (Å²) in [5.74, 6) is 1.60. The normalized spacial score (nSPS) is 13.8. The van der Waals surface area contributed by atoms with Gasteiger partial charge >= 0.3 is 0 Å². The molecule has 0 radical (unpaired) electrons. The first kappa shape index (κ1) is 16.2. The van der Waals surface area contributed by atoms with E-state index in [1.165, 1.54) is 0 Å². The van der Waals surface area contributed by atoms with Gasteiger partial charge in [0.25, 0.3) is 0 Å². The topological polar surface area (TPSA) is 46.6 Å². The smallest absolute Gasteiger partial charge is 0.231 e. The van der Waals surface area contributed by atoms with E-state index in [0.29, 0.717) is 6.79 Å². The number of thiazole rings is 1. The molecular weight excluding hydrogens is 310 g/mol. The summed E-state index contributed by atoms with van der Waals surface area (Å²) in [6.45, 7) is 6.43. The Hall–Kier alpha value is -1.63. The summed E-state index contributed by atoms with van der Waals surface area (Å²) >= 11 is 1.65. The molecule has 5 nitrogen and oxygen atoms in total. The maximum absolute atomic E-state index is 5.43. The van der Waals surface area contributed by atoms with E-state index in [0.717, 1.165) is 40.9 Å². The van der Waals surface area contributed by atoms with Crippen LogP contribution in [-0.4, -0.2) is 42.9 Å². The van der Waals surface area contributed by atoms with E-state index < -0.39 is 0 Å². The third-order valence-electron chi connectivity index (χ3n) is 4.25. The van der Waals surface area contributed by atoms with Gasteiger partial charge in [-0.05, 0) is 46.1 Å². The fraction of sp³-hybridized carbons (Fsp3) is 0.471. The number of hydrogen-bond acceptors (Lipinski definition) is 6. The Bertz CT molecular complexity index is 682. The van der Waals surface area contributed by atoms with Crippen LogP contribution >= 0.6 is 11.3 Å². The Morgan fingerprint density at radius 2 is 2.04 bits per heavy atom. The van der Waals surface area contributed by atoms with Crippen molar-refractivity contribution in [3.63, 3.8) is 0 Å². The number of likely N-dealkylation sites (N-methyl/N-ethyl adjacent to an activating group) is 1. The Morgan fingerprint density at radius 1 is 1.26 bits per heavy atom. The van der Waals surface area contributed by atoms with Crippen LogP contribution in [0.5, 0.6) is 11.5 Å². The van der Waals surface area contributed by atoms with E-state index in [4.69, 9.17) is 14.5 Å². The van der Waals surface area contributed by atoms with E-state index >= 15 is 0 Å². The fourth-order valence-electron chi connectivity index (χ4n) is 2.20. The van der Waals surface area contributed by atoms with Crippen molar-refractivity contribution in [3.8, 4) is 22.1 Å². The number of hydrogen-bond donors (Lipinski definition) is 1. The van der Waals surface area contributed by atoms with E-state index in [-0.39, 0.29) is 5.54 Å². The van der Waals surface area contributed by atoms with Crippen LogP contribution in [-0.2, 0) is 6.54 Å². The molecule has 1 aliphatic heterocycles. The maximum Gasteiger partial charge on any atom is 0.231 e. The molecule has 0 bridgehead atoms. The van der Waals surface area contributed by atoms with E-state index in [1.807, 2.05) is 18.2 Å². The van der Waals surface area contributed by atoms with Gasteiger partial charge in [-0.25, -0.2) is 4.98 Å². The Morgan fingerprint density at radius 3 is 2.83 bits per heavy atom. The molecule has 6 heteroatoms. The lowest BCUT2D eigenvalue weighted by Crippen LogP contribution is -2.46. The molecule has 0 fully saturated rings. The van der Waals surface area contributed by atoms with Crippen LogP contribution in [0.15, 0.2) is 23.6 Å². The minimum atomic E-state index is 0.121. The third-order valence-corrected chi connectivity index (χ3v) is 5.19. The van der Waals surface area contributed by atoms with Gasteiger partial charge in [-0.3, -0.25) is 0 Å². The first-order valence-electron chi connectivity index (χ1n) is 7.68. The van der Waals surface area contributed by atoms with Crippen LogP contribution < -0.4 is 14.8 Å². The van der Waals surface area contributed by atoms with Gasteiger partial charge in [0.1, 0.15) is 5.01 Å². The minimum absolute atomic E-state index is 0.121. The molecule has 0 amide bonds. The van der Waals surface area contributed by atoms with E-state index in [2.05, 4.69) is 43.5 Å². The quantitative estimate of drug-likeness (QED) is 0.881. The molecule has 2 heterocycles. The predicted octanol–water partition coefficient (Wildman–Crippen LogP) is 2.97. The van der Waals surface area contributed by atoms with E-state index in [1.54, 1.807) is 11.3 Å². The van der Waals surface area contributed by atoms with Gasteiger partial charge in [0.05, 0.1) is 5.69 Å². The maximum atomic E-state index is 5.43. The average molecular weight is 333 g/mol. The van der Waals surface area contributed by atoms with Crippen LogP contribution in [0, 0.1) is 0 Å². The molecule has 23 heavy (non-hydrogen) atoms. The van der Waals surface area contributed by atoms with Gasteiger partial charge in [-0.15, -0.1) is 11.3 Å². The lowest BCUT2D eigenvalue weighted by molar-refractivity contribution is 0.174. The molecule has 2 aromatic rings. The molecule has 3 rings (SSSR count). The molecular formula is C17H23N3O2S. The van der Waals surface area contributed by atoms with Gasteiger partial charge in [-0.1, -0.05) is 0 Å². The first-order valence-corrected chi connectivity index (χ1v) is 8.56. The molecule has 0 unspecified atom stereocenters. The van der Waals surface area contributed by atoms with Crippen molar-refractivity contribution < 1.29 is 9.47 Å². The van der Waals surface area contributed by atoms with Gasteiger partial charge in [0.2, 0.25) is 6.79 Å². The molecule has 1 aromatic carbocycles. The Balaban J connectivity index is 1.62. The van der Waals surface area contributed by atoms with Gasteiger partial charge in [0, 0.05) is 29.6 Å². The second kappa shape index (κ2) is 6.47. The van der Waals surface area contributed by atoms with Crippen molar-refractivity contribution in [3.05, 3.63) is 29.3 Å². The number of nitrogens with one attached hydrogen (secondary N) is 1. The molecule has 1 aliphatic rings. The second-order valence-corrected chi connectivity index (χ2v) is 7.38. The van der Waals surface area contributed by atoms with Crippen LogP contribution in [0.4, 0.5) is 0 Å². The third kappa shape index (κ3) is 3.65. The molecule has 124 valence electrons. The summed E-state index contributed by atoms with van der Waals surface area (Å²) in [4.78, 5) is 6.94. The lowest BCUT2D eigenvalue weighted by Gasteiger charge is -2.32. The Kier molecular flexibility index (Phi) is 4.57. The Labute approximate surface area is 141 Å². The van der Waals surface area contributed by atoms with Crippen molar-refractivity contribution >= 4 is 11.3 Å². The zero-order valence-corrected chi connectivity index (χ0v) is 14.9. The number of aromatic nitrogens is 1. The number of nitrogens with zero attached hydrogens (tertiary/aromatic N) is 2. The van der Waals surface area contributed by atoms with Gasteiger partial charge < -0.3 is 19.7 Å². The molecule has 0 saturated heterocycles. The summed E-state index contributed by atoms with van der Waals surface area (Å²) < 4.78 is 10.8. The monoisotopic (exact) mass is 333 g/mol. The molecule has 1 N–H and O–H groups in total. The fourth-order valence-corrected chi connectivity index (χ4v) is 3.02. The van der Waals surface area contributed by atoms with Gasteiger partial charge in [-0.2, -0.15) is 0 Å². The average Bonchev–Trinajstić information content (AvgIpc) is 3.14. The highest BCUT2D eigenvalue weighted by Crippen LogP contribution is 2.36. The number of fused-ring (bicyclic) bond motifs is 1. The summed E-state index contributed by atoms with van der Waals surface area (Å²) in [5, 5.41) is 6.60. The van der Waals surface area contributed by atoms with Crippen molar-refractivity contribution in [2.24, 2.45) is 0 Å². The van der Waals surface area contributed by atoms with Crippen molar-refractivity contribution in [2.75, 3.05) is 27.4 Å². The molecule has 0 saturated carbocycles. The van der Waals surface area contributed by atoms with Gasteiger partial charge in [0.15, 0.2) is 11.5 Å². The summed E-state index contributed by atoms with van der Waals surface area (Å²) in [6.07, 6.45) is 0. The largest absolute Gasteiger partial charge is 0.454 e. The summed E-state index contributed by atoms with van der Waals surface area (Å²) in [7, 11) is 4.20. The number of rotatable bonds is 6. The zero-order valence-electron chi connectivity index (χ0n) is 14.0.